The second-order valence-corrected chi connectivity index (χ2v) is 6.00. The number of halogens is 1. The number of nitrogens with zero attached hydrogens (tertiary/aromatic N) is 2. The van der Waals surface area contributed by atoms with E-state index in [0.717, 1.165) is 25.2 Å². The summed E-state index contributed by atoms with van der Waals surface area (Å²) in [6.07, 6.45) is 1.83. The van der Waals surface area contributed by atoms with Gasteiger partial charge in [0.05, 0.1) is 12.7 Å². The lowest BCUT2D eigenvalue weighted by molar-refractivity contribution is -0.0327. The minimum Gasteiger partial charge on any atom is -0.508 e. The summed E-state index contributed by atoms with van der Waals surface area (Å²) in [5.41, 5.74) is 6.67. The van der Waals surface area contributed by atoms with Gasteiger partial charge in [0, 0.05) is 30.7 Å². The molecule has 1 atom stereocenters. The van der Waals surface area contributed by atoms with Gasteiger partial charge in [-0.15, -0.1) is 23.7 Å². The first kappa shape index (κ1) is 16.0. The van der Waals surface area contributed by atoms with Crippen LogP contribution in [0.5, 0.6) is 5.75 Å². The number of aromatic nitrogens is 1. The summed E-state index contributed by atoms with van der Waals surface area (Å²) >= 11 is 1.53. The topological polar surface area (TPSA) is 71.6 Å². The number of phenols is 1. The summed E-state index contributed by atoms with van der Waals surface area (Å²) in [6, 6.07) is 7.26. The monoisotopic (exact) mass is 327 g/mol. The number of morpholine rings is 1. The number of phenolic OH excluding ortho intramolecular Hbond substituents is 1. The Balaban J connectivity index is 0.00000161. The third kappa shape index (κ3) is 4.07. The smallest absolute Gasteiger partial charge is 0.180 e. The van der Waals surface area contributed by atoms with Gasteiger partial charge in [0.1, 0.15) is 5.75 Å². The molecule has 21 heavy (non-hydrogen) atoms. The van der Waals surface area contributed by atoms with Gasteiger partial charge in [-0.1, -0.05) is 12.1 Å². The van der Waals surface area contributed by atoms with E-state index in [2.05, 4.69) is 9.88 Å². The minimum absolute atomic E-state index is 0. The number of aromatic hydroxyl groups is 1. The van der Waals surface area contributed by atoms with Crippen LogP contribution < -0.4 is 5.73 Å². The lowest BCUT2D eigenvalue weighted by Gasteiger charge is -2.32. The molecule has 1 aromatic heterocycles. The van der Waals surface area contributed by atoms with Gasteiger partial charge in [0.25, 0.3) is 0 Å². The fraction of sp³-hybridized carbons (Fsp3) is 0.357. The first-order chi connectivity index (χ1) is 9.70. The van der Waals surface area contributed by atoms with E-state index in [4.69, 9.17) is 10.5 Å². The molecule has 0 spiro atoms. The zero-order valence-electron chi connectivity index (χ0n) is 11.4. The molecule has 0 saturated carbocycles. The number of hydrogen-bond acceptors (Lipinski definition) is 6. The number of rotatable bonds is 3. The van der Waals surface area contributed by atoms with E-state index in [1.165, 1.54) is 16.2 Å². The molecule has 1 aromatic carbocycles. The molecule has 1 aliphatic rings. The Hall–Kier alpha value is -1.34. The van der Waals surface area contributed by atoms with Crippen LogP contribution in [0, 0.1) is 0 Å². The molecule has 1 aliphatic heterocycles. The normalized spacial score (nSPS) is 19.1. The number of nitrogen functional groups attached to an aromatic ring is 1. The van der Waals surface area contributed by atoms with Gasteiger partial charge in [-0.05, 0) is 17.7 Å². The second-order valence-electron chi connectivity index (χ2n) is 4.85. The number of benzene rings is 1. The van der Waals surface area contributed by atoms with Crippen molar-refractivity contribution in [3.63, 3.8) is 0 Å². The summed E-state index contributed by atoms with van der Waals surface area (Å²) in [4.78, 5) is 7.57. The van der Waals surface area contributed by atoms with Crippen molar-refractivity contribution in [2.45, 2.75) is 12.6 Å². The fourth-order valence-corrected chi connectivity index (χ4v) is 3.12. The number of nitrogens with two attached hydrogens (primary N) is 1. The molecule has 2 heterocycles. The SMILES string of the molecule is Cl.Nc1ncc(CN2CCOC(c3cccc(O)c3)C2)s1. The van der Waals surface area contributed by atoms with Gasteiger partial charge in [0.2, 0.25) is 0 Å². The molecule has 0 bridgehead atoms. The average Bonchev–Trinajstić information content (AvgIpc) is 2.84. The van der Waals surface area contributed by atoms with Crippen molar-refractivity contribution >= 4 is 28.9 Å². The molecule has 2 aromatic rings. The molecule has 0 amide bonds. The minimum atomic E-state index is 0. The van der Waals surface area contributed by atoms with Crippen LogP contribution in [0.4, 0.5) is 5.13 Å². The van der Waals surface area contributed by atoms with Crippen molar-refractivity contribution < 1.29 is 9.84 Å². The molecule has 7 heteroatoms. The van der Waals surface area contributed by atoms with Crippen molar-refractivity contribution in [1.29, 1.82) is 0 Å². The number of ether oxygens (including phenoxy) is 1. The van der Waals surface area contributed by atoms with Crippen LogP contribution in [0.2, 0.25) is 0 Å². The van der Waals surface area contributed by atoms with Gasteiger partial charge >= 0.3 is 0 Å². The molecular formula is C14H18ClN3O2S. The van der Waals surface area contributed by atoms with Crippen LogP contribution in [0.15, 0.2) is 30.5 Å². The zero-order chi connectivity index (χ0) is 13.9. The van der Waals surface area contributed by atoms with E-state index in [0.29, 0.717) is 11.7 Å². The summed E-state index contributed by atoms with van der Waals surface area (Å²) in [5, 5.41) is 10.2. The van der Waals surface area contributed by atoms with Gasteiger partial charge in [-0.25, -0.2) is 4.98 Å². The highest BCUT2D eigenvalue weighted by molar-refractivity contribution is 7.15. The van der Waals surface area contributed by atoms with E-state index >= 15 is 0 Å². The fourth-order valence-electron chi connectivity index (χ4n) is 2.39. The molecule has 3 N–H and O–H groups in total. The van der Waals surface area contributed by atoms with Crippen LogP contribution in [-0.2, 0) is 11.3 Å². The largest absolute Gasteiger partial charge is 0.508 e. The third-order valence-corrected chi connectivity index (χ3v) is 4.15. The maximum absolute atomic E-state index is 9.56. The number of thiazole rings is 1. The van der Waals surface area contributed by atoms with Gasteiger partial charge in [-0.2, -0.15) is 0 Å². The summed E-state index contributed by atoms with van der Waals surface area (Å²) in [7, 11) is 0. The Morgan fingerprint density at radius 2 is 2.33 bits per heavy atom. The van der Waals surface area contributed by atoms with Crippen molar-refractivity contribution in [2.75, 3.05) is 25.4 Å². The lowest BCUT2D eigenvalue weighted by atomic mass is 10.1. The third-order valence-electron chi connectivity index (χ3n) is 3.34. The first-order valence-corrected chi connectivity index (χ1v) is 7.35. The molecule has 3 rings (SSSR count). The molecule has 0 aliphatic carbocycles. The molecule has 1 saturated heterocycles. The predicted molar refractivity (Wildman–Crippen MR) is 85.9 cm³/mol. The number of hydrogen-bond donors (Lipinski definition) is 2. The highest BCUT2D eigenvalue weighted by Gasteiger charge is 2.22. The Morgan fingerprint density at radius 1 is 1.48 bits per heavy atom. The molecule has 0 radical (unpaired) electrons. The van der Waals surface area contributed by atoms with Crippen LogP contribution in [0.25, 0.3) is 0 Å². The number of anilines is 1. The lowest BCUT2D eigenvalue weighted by Crippen LogP contribution is -2.37. The highest BCUT2D eigenvalue weighted by atomic mass is 35.5. The summed E-state index contributed by atoms with van der Waals surface area (Å²) in [6.45, 7) is 3.23. The highest BCUT2D eigenvalue weighted by Crippen LogP contribution is 2.26. The predicted octanol–water partition coefficient (Wildman–Crippen LogP) is 2.43. The van der Waals surface area contributed by atoms with E-state index in [1.807, 2.05) is 18.3 Å². The Bertz CT molecular complexity index is 593. The molecular weight excluding hydrogens is 310 g/mol. The van der Waals surface area contributed by atoms with Crippen molar-refractivity contribution in [2.24, 2.45) is 0 Å². The Morgan fingerprint density at radius 3 is 3.05 bits per heavy atom. The van der Waals surface area contributed by atoms with Gasteiger partial charge in [-0.3, -0.25) is 4.90 Å². The second kappa shape index (κ2) is 7.09. The van der Waals surface area contributed by atoms with E-state index in [1.54, 1.807) is 12.1 Å². The van der Waals surface area contributed by atoms with Gasteiger partial charge < -0.3 is 15.6 Å². The van der Waals surface area contributed by atoms with Crippen molar-refractivity contribution in [3.8, 4) is 5.75 Å². The van der Waals surface area contributed by atoms with E-state index in [-0.39, 0.29) is 24.3 Å². The van der Waals surface area contributed by atoms with Crippen LogP contribution in [0.1, 0.15) is 16.5 Å². The standard InChI is InChI=1S/C14H17N3O2S.ClH/c15-14-16-7-12(20-14)8-17-4-5-19-13(9-17)10-2-1-3-11(18)6-10;/h1-3,6-7,13,18H,4-5,8-9H2,(H2,15,16);1H. The first-order valence-electron chi connectivity index (χ1n) is 6.54. The van der Waals surface area contributed by atoms with E-state index in [9.17, 15) is 5.11 Å². The Labute approximate surface area is 133 Å². The zero-order valence-corrected chi connectivity index (χ0v) is 13.1. The Kier molecular flexibility index (Phi) is 5.41. The molecule has 1 fully saturated rings. The van der Waals surface area contributed by atoms with Crippen molar-refractivity contribution in [3.05, 3.63) is 40.9 Å². The quantitative estimate of drug-likeness (QED) is 0.906. The van der Waals surface area contributed by atoms with Crippen LogP contribution in [0.3, 0.4) is 0 Å². The molecule has 114 valence electrons. The van der Waals surface area contributed by atoms with Crippen molar-refractivity contribution in [1.82, 2.24) is 9.88 Å². The molecule has 5 nitrogen and oxygen atoms in total. The van der Waals surface area contributed by atoms with Crippen LogP contribution in [-0.4, -0.2) is 34.7 Å². The maximum atomic E-state index is 9.56. The van der Waals surface area contributed by atoms with E-state index < -0.39 is 0 Å². The maximum Gasteiger partial charge on any atom is 0.180 e. The van der Waals surface area contributed by atoms with Gasteiger partial charge in [0.15, 0.2) is 5.13 Å². The summed E-state index contributed by atoms with van der Waals surface area (Å²) < 4.78 is 5.80. The summed E-state index contributed by atoms with van der Waals surface area (Å²) in [5.74, 6) is 0.276. The molecule has 1 unspecified atom stereocenters. The van der Waals surface area contributed by atoms with Crippen LogP contribution >= 0.6 is 23.7 Å². The average molecular weight is 328 g/mol.